The van der Waals surface area contributed by atoms with Gasteiger partial charge >= 0.3 is 6.03 Å². The van der Waals surface area contributed by atoms with E-state index in [4.69, 9.17) is 11.4 Å². The number of anilines is 1. The quantitative estimate of drug-likeness (QED) is 0.594. The van der Waals surface area contributed by atoms with E-state index in [9.17, 15) is 4.79 Å². The molecule has 6 nitrogen and oxygen atoms in total. The molecule has 3 rings (SSSR count). The van der Waals surface area contributed by atoms with Crippen molar-refractivity contribution in [1.29, 1.82) is 0 Å². The number of aromatic nitrogens is 2. The number of carbonyl (C=O) groups excluding carboxylic acids is 1. The Labute approximate surface area is 173 Å². The van der Waals surface area contributed by atoms with Crippen molar-refractivity contribution in [3.8, 4) is 12.3 Å². The van der Waals surface area contributed by atoms with Gasteiger partial charge in [-0.3, -0.25) is 0 Å². The minimum Gasteiger partial charge on any atom is -0.351 e. The van der Waals surface area contributed by atoms with E-state index in [0.29, 0.717) is 32.0 Å². The summed E-state index contributed by atoms with van der Waals surface area (Å²) in [4.78, 5) is 23.3. The third kappa shape index (κ3) is 6.21. The second kappa shape index (κ2) is 10.5. The highest BCUT2D eigenvalue weighted by molar-refractivity contribution is 5.74. The number of fused-ring (bicyclic) bond motifs is 1. The molecule has 2 amide bonds. The number of rotatable bonds is 5. The lowest BCUT2D eigenvalue weighted by molar-refractivity contribution is 0.192. The summed E-state index contributed by atoms with van der Waals surface area (Å²) >= 11 is 0. The number of allylic oxidation sites excluding steroid dienone is 4. The molecular weight excluding hydrogens is 362 g/mol. The Bertz CT molecular complexity index is 836. The monoisotopic (exact) mass is 391 g/mol. The van der Waals surface area contributed by atoms with Crippen molar-refractivity contribution < 1.29 is 4.79 Å². The van der Waals surface area contributed by atoms with Gasteiger partial charge in [-0.1, -0.05) is 36.5 Å². The Morgan fingerprint density at radius 3 is 3.17 bits per heavy atom. The molecule has 1 aromatic heterocycles. The molecule has 1 aliphatic heterocycles. The van der Waals surface area contributed by atoms with Crippen LogP contribution in [0.15, 0.2) is 42.7 Å². The summed E-state index contributed by atoms with van der Waals surface area (Å²) in [5.41, 5.74) is 3.11. The minimum atomic E-state index is -0.0555. The highest BCUT2D eigenvalue weighted by atomic mass is 16.2. The van der Waals surface area contributed by atoms with Gasteiger partial charge in [-0.15, -0.1) is 12.3 Å². The fourth-order valence-corrected chi connectivity index (χ4v) is 3.51. The summed E-state index contributed by atoms with van der Waals surface area (Å²) in [5, 5.41) is 6.39. The molecule has 1 unspecified atom stereocenters. The van der Waals surface area contributed by atoms with Gasteiger partial charge in [0.05, 0.1) is 12.2 Å². The third-order valence-corrected chi connectivity index (χ3v) is 5.10. The number of hydrogen-bond donors (Lipinski definition) is 2. The molecule has 0 bridgehead atoms. The van der Waals surface area contributed by atoms with Gasteiger partial charge < -0.3 is 15.5 Å². The van der Waals surface area contributed by atoms with Crippen LogP contribution in [0.25, 0.3) is 0 Å². The smallest absolute Gasteiger partial charge is 0.317 e. The Balaban J connectivity index is 1.57. The third-order valence-electron chi connectivity index (χ3n) is 5.10. The number of carbonyl (C=O) groups is 1. The topological polar surface area (TPSA) is 70.2 Å². The van der Waals surface area contributed by atoms with Crippen molar-refractivity contribution in [2.75, 3.05) is 18.4 Å². The highest BCUT2D eigenvalue weighted by Gasteiger charge is 2.22. The van der Waals surface area contributed by atoms with Gasteiger partial charge in [0.25, 0.3) is 0 Å². The largest absolute Gasteiger partial charge is 0.351 e. The van der Waals surface area contributed by atoms with Gasteiger partial charge in [0, 0.05) is 43.7 Å². The van der Waals surface area contributed by atoms with E-state index in [1.165, 1.54) is 0 Å². The predicted octanol–water partition coefficient (Wildman–Crippen LogP) is 3.59. The van der Waals surface area contributed by atoms with E-state index >= 15 is 0 Å². The van der Waals surface area contributed by atoms with E-state index < -0.39 is 0 Å². The summed E-state index contributed by atoms with van der Waals surface area (Å²) < 4.78 is 0. The molecule has 0 fully saturated rings. The fourth-order valence-electron chi connectivity index (χ4n) is 3.51. The van der Waals surface area contributed by atoms with E-state index in [2.05, 4.69) is 46.3 Å². The summed E-state index contributed by atoms with van der Waals surface area (Å²) in [7, 11) is 0. The number of urea groups is 1. The zero-order valence-electron chi connectivity index (χ0n) is 16.9. The zero-order valence-corrected chi connectivity index (χ0v) is 16.9. The minimum absolute atomic E-state index is 0.0555. The first-order valence-electron chi connectivity index (χ1n) is 10.2. The van der Waals surface area contributed by atoms with Crippen LogP contribution in [-0.4, -0.2) is 40.0 Å². The summed E-state index contributed by atoms with van der Waals surface area (Å²) in [6.45, 7) is 5.91. The summed E-state index contributed by atoms with van der Waals surface area (Å²) in [6.07, 6.45) is 20.5. The fraction of sp³-hybridized carbons (Fsp3) is 0.435. The standard InChI is InChI=1S/C23H29N5O/c1-3-4-9-13-24-23(29)28-14-12-21-19(17-28)16-25-22(27-21)26-20-11-8-6-5-7-10-18(2)15-20/h1,5-7,10,16,20H,2,4,8-9,11-15,17H2,(H,24,29)(H,25,26,27)/b6-5-,10-7-. The van der Waals surface area contributed by atoms with Crippen LogP contribution in [0, 0.1) is 12.3 Å². The summed E-state index contributed by atoms with van der Waals surface area (Å²) in [6, 6.07) is 0.196. The number of nitrogens with zero attached hydrogens (tertiary/aromatic N) is 3. The molecule has 2 aliphatic rings. The first-order valence-corrected chi connectivity index (χ1v) is 10.2. The van der Waals surface area contributed by atoms with Crippen LogP contribution in [0.5, 0.6) is 0 Å². The molecule has 2 heterocycles. The van der Waals surface area contributed by atoms with Gasteiger partial charge in [-0.2, -0.15) is 0 Å². The number of hydrogen-bond acceptors (Lipinski definition) is 4. The van der Waals surface area contributed by atoms with E-state index in [1.54, 1.807) is 4.90 Å². The maximum atomic E-state index is 12.3. The van der Waals surface area contributed by atoms with Crippen molar-refractivity contribution >= 4 is 12.0 Å². The molecule has 0 aromatic carbocycles. The van der Waals surface area contributed by atoms with E-state index in [-0.39, 0.29) is 12.1 Å². The van der Waals surface area contributed by atoms with Crippen LogP contribution in [0.3, 0.4) is 0 Å². The molecule has 0 radical (unpaired) electrons. The van der Waals surface area contributed by atoms with Crippen LogP contribution in [-0.2, 0) is 13.0 Å². The normalized spacial score (nSPS) is 21.0. The molecular formula is C23H29N5O. The van der Waals surface area contributed by atoms with Crippen LogP contribution >= 0.6 is 0 Å². The SMILES string of the molecule is C#CCCCNC(=O)N1CCc2nc(NC3CC/C=C\C=C/C(=C)C3)ncc2C1. The Morgan fingerprint density at radius 2 is 2.31 bits per heavy atom. The first kappa shape index (κ1) is 20.7. The van der Waals surface area contributed by atoms with Gasteiger partial charge in [0.15, 0.2) is 0 Å². The van der Waals surface area contributed by atoms with Crippen LogP contribution < -0.4 is 10.6 Å². The molecule has 29 heavy (non-hydrogen) atoms. The van der Waals surface area contributed by atoms with Crippen molar-refractivity contribution in [2.45, 2.75) is 51.1 Å². The second-order valence-corrected chi connectivity index (χ2v) is 7.44. The number of terminal acetylenes is 1. The molecule has 2 N–H and O–H groups in total. The van der Waals surface area contributed by atoms with E-state index in [0.717, 1.165) is 48.9 Å². The molecule has 1 atom stereocenters. The first-order chi connectivity index (χ1) is 14.2. The molecule has 6 heteroatoms. The summed E-state index contributed by atoms with van der Waals surface area (Å²) in [5.74, 6) is 3.24. The Kier molecular flexibility index (Phi) is 7.46. The van der Waals surface area contributed by atoms with Crippen molar-refractivity contribution in [1.82, 2.24) is 20.2 Å². The molecule has 1 aromatic rings. The van der Waals surface area contributed by atoms with Gasteiger partial charge in [-0.25, -0.2) is 14.8 Å². The van der Waals surface area contributed by atoms with Crippen LogP contribution in [0.2, 0.25) is 0 Å². The van der Waals surface area contributed by atoms with Crippen molar-refractivity contribution in [2.24, 2.45) is 0 Å². The Hall–Kier alpha value is -3.07. The lowest BCUT2D eigenvalue weighted by atomic mass is 10.0. The number of amides is 2. The van der Waals surface area contributed by atoms with Crippen molar-refractivity contribution in [3.63, 3.8) is 0 Å². The van der Waals surface area contributed by atoms with E-state index in [1.807, 2.05) is 12.3 Å². The highest BCUT2D eigenvalue weighted by Crippen LogP contribution is 2.20. The molecule has 0 spiro atoms. The van der Waals surface area contributed by atoms with Crippen LogP contribution in [0.4, 0.5) is 10.7 Å². The maximum absolute atomic E-state index is 12.3. The van der Waals surface area contributed by atoms with Gasteiger partial charge in [0.1, 0.15) is 0 Å². The zero-order chi connectivity index (χ0) is 20.5. The molecule has 1 aliphatic carbocycles. The lowest BCUT2D eigenvalue weighted by Crippen LogP contribution is -2.43. The lowest BCUT2D eigenvalue weighted by Gasteiger charge is -2.28. The van der Waals surface area contributed by atoms with Gasteiger partial charge in [-0.05, 0) is 25.7 Å². The van der Waals surface area contributed by atoms with Crippen LogP contribution in [0.1, 0.15) is 43.4 Å². The molecule has 152 valence electrons. The van der Waals surface area contributed by atoms with Gasteiger partial charge in [0.2, 0.25) is 5.95 Å². The maximum Gasteiger partial charge on any atom is 0.317 e. The second-order valence-electron chi connectivity index (χ2n) is 7.44. The number of unbranched alkanes of at least 4 members (excludes halogenated alkanes) is 1. The average Bonchev–Trinajstić information content (AvgIpc) is 2.82. The average molecular weight is 392 g/mol. The number of nitrogens with one attached hydrogen (secondary N) is 2. The molecule has 0 saturated carbocycles. The Morgan fingerprint density at radius 1 is 1.41 bits per heavy atom. The van der Waals surface area contributed by atoms with Crippen molar-refractivity contribution in [3.05, 3.63) is 53.9 Å². The predicted molar refractivity (Wildman–Crippen MR) is 116 cm³/mol. The molecule has 0 saturated heterocycles.